The lowest BCUT2D eigenvalue weighted by molar-refractivity contribution is 0.101. The van der Waals surface area contributed by atoms with Crippen molar-refractivity contribution in [3.63, 3.8) is 0 Å². The first-order valence-electron chi connectivity index (χ1n) is 14.2. The monoisotopic (exact) mass is 662 g/mol. The Hall–Kier alpha value is -4.19. The van der Waals surface area contributed by atoms with Crippen LogP contribution in [0.15, 0.2) is 72.0 Å². The highest BCUT2D eigenvalue weighted by Gasteiger charge is 2.29. The van der Waals surface area contributed by atoms with Gasteiger partial charge in [-0.1, -0.05) is 88.9 Å². The molecule has 0 spiro atoms. The molecule has 7 aromatic carbocycles. The summed E-state index contributed by atoms with van der Waals surface area (Å²) < 4.78 is 1.67. The first-order chi connectivity index (χ1) is 21.6. The minimum atomic E-state index is -0.240. The zero-order valence-corrected chi connectivity index (χ0v) is 26.7. The summed E-state index contributed by atoms with van der Waals surface area (Å²) in [5, 5.41) is 9.79. The molecule has 4 nitrogen and oxygen atoms in total. The molecule has 0 aliphatic carbocycles. The van der Waals surface area contributed by atoms with Crippen LogP contribution in [0.5, 0.6) is 0 Å². The van der Waals surface area contributed by atoms with E-state index in [1.165, 1.54) is 6.92 Å². The lowest BCUT2D eigenvalue weighted by atomic mass is 9.83. The zero-order chi connectivity index (χ0) is 31.2. The van der Waals surface area contributed by atoms with Crippen LogP contribution in [0.1, 0.15) is 29.8 Å². The molecular formula is C37H18Cl4N2O2. The van der Waals surface area contributed by atoms with Gasteiger partial charge in [0.05, 0.1) is 16.4 Å². The third-order valence-electron chi connectivity index (χ3n) is 9.17. The van der Waals surface area contributed by atoms with Gasteiger partial charge in [0.1, 0.15) is 5.65 Å². The molecule has 0 radical (unpaired) electrons. The molecule has 0 unspecified atom stereocenters. The number of halogens is 4. The minimum Gasteiger partial charge on any atom is -0.294 e. The number of benzene rings is 7. The van der Waals surface area contributed by atoms with Crippen LogP contribution in [0.2, 0.25) is 20.1 Å². The summed E-state index contributed by atoms with van der Waals surface area (Å²) in [4.78, 5) is 32.5. The summed E-state index contributed by atoms with van der Waals surface area (Å²) in [6.45, 7) is 7.54. The molecule has 9 rings (SSSR count). The number of aromatic nitrogens is 2. The van der Waals surface area contributed by atoms with E-state index in [1.54, 1.807) is 16.5 Å². The van der Waals surface area contributed by atoms with Crippen LogP contribution in [-0.4, -0.2) is 15.2 Å². The maximum Gasteiger partial charge on any atom is 0.264 e. The molecule has 0 amide bonds. The van der Waals surface area contributed by atoms with Crippen molar-refractivity contribution in [1.82, 2.24) is 9.38 Å². The van der Waals surface area contributed by atoms with E-state index in [0.29, 0.717) is 90.7 Å². The number of hydrogen-bond acceptors (Lipinski definition) is 3. The van der Waals surface area contributed by atoms with Gasteiger partial charge in [-0.05, 0) is 55.1 Å². The molecule has 9 aromatic rings. The lowest BCUT2D eigenvalue weighted by Gasteiger charge is -2.22. The average molecular weight is 664 g/mol. The van der Waals surface area contributed by atoms with Gasteiger partial charge in [0.2, 0.25) is 0 Å². The van der Waals surface area contributed by atoms with Crippen molar-refractivity contribution in [2.45, 2.75) is 13.8 Å². The van der Waals surface area contributed by atoms with E-state index in [0.717, 1.165) is 27.4 Å². The molecular weight excluding hydrogens is 646 g/mol. The van der Waals surface area contributed by atoms with Crippen LogP contribution >= 0.6 is 46.4 Å². The normalized spacial score (nSPS) is 12.5. The molecule has 2 heterocycles. The van der Waals surface area contributed by atoms with Crippen LogP contribution in [0, 0.1) is 0 Å². The fraction of sp³-hybridized carbons (Fsp3) is 0.0541. The molecule has 0 aliphatic rings. The van der Waals surface area contributed by atoms with Crippen LogP contribution in [0.3, 0.4) is 0 Å². The number of nitrogens with zero attached hydrogens (tertiary/aromatic N) is 2. The summed E-state index contributed by atoms with van der Waals surface area (Å²) in [6.07, 6.45) is 0. The Morgan fingerprint density at radius 3 is 1.89 bits per heavy atom. The van der Waals surface area contributed by atoms with Crippen molar-refractivity contribution < 1.29 is 4.79 Å². The maximum atomic E-state index is 14.5. The van der Waals surface area contributed by atoms with E-state index < -0.39 is 0 Å². The number of hydrogen-bond donors (Lipinski definition) is 0. The molecule has 0 saturated carbocycles. The second-order valence-electron chi connectivity index (χ2n) is 11.7. The van der Waals surface area contributed by atoms with Crippen LogP contribution in [0.25, 0.3) is 86.9 Å². The summed E-state index contributed by atoms with van der Waals surface area (Å²) in [5.74, 6) is -0.149. The Morgan fingerprint density at radius 2 is 1.24 bits per heavy atom. The molecule has 0 atom stereocenters. The van der Waals surface area contributed by atoms with Gasteiger partial charge in [-0.3, -0.25) is 14.0 Å². The Balaban J connectivity index is 1.64. The fourth-order valence-electron chi connectivity index (χ4n) is 7.42. The SMILES string of the molecule is C=C(C)c1cc(Cl)c2c3c(Cl)cc4c5c(cc(Cl)c(c6c(Cl)cc(C(C)=O)c1c62)c35)c(=O)n1c4nc2ccc3ccccc3c21. The minimum absolute atomic E-state index is 0.149. The smallest absolute Gasteiger partial charge is 0.264 e. The third kappa shape index (κ3) is 3.28. The zero-order valence-electron chi connectivity index (χ0n) is 23.7. The van der Waals surface area contributed by atoms with Crippen molar-refractivity contribution in [2.75, 3.05) is 0 Å². The Morgan fingerprint density at radius 1 is 0.667 bits per heavy atom. The molecule has 0 saturated heterocycles. The number of fused-ring (bicyclic) bond motifs is 8. The number of carbonyl (C=O) groups excluding carboxylic acids is 1. The number of rotatable bonds is 2. The number of carbonyl (C=O) groups is 1. The Kier molecular flexibility index (Phi) is 5.40. The van der Waals surface area contributed by atoms with Crippen LogP contribution in [0.4, 0.5) is 0 Å². The molecule has 0 fully saturated rings. The first-order valence-corrected chi connectivity index (χ1v) is 15.7. The van der Waals surface area contributed by atoms with Gasteiger partial charge in [-0.2, -0.15) is 0 Å². The van der Waals surface area contributed by atoms with E-state index in [2.05, 4.69) is 6.58 Å². The van der Waals surface area contributed by atoms with Gasteiger partial charge in [-0.15, -0.1) is 0 Å². The topological polar surface area (TPSA) is 51.4 Å². The highest BCUT2D eigenvalue weighted by molar-refractivity contribution is 6.55. The van der Waals surface area contributed by atoms with Crippen molar-refractivity contribution >= 4 is 139 Å². The van der Waals surface area contributed by atoms with E-state index in [-0.39, 0.29) is 11.3 Å². The van der Waals surface area contributed by atoms with E-state index >= 15 is 0 Å². The van der Waals surface area contributed by atoms with Gasteiger partial charge in [0.15, 0.2) is 5.78 Å². The standard InChI is InChI=1S/C37H18Cl4N2O2/c1-14(2)18-10-22(38)29-31-24(40)12-20-28-21(37(45)43-35-17-7-5-4-6-16(17)8-9-26(35)42-36(20)43)13-25(41)32(34(28)31)30-23(39)11-19(15(3)44)27(18)33(29)30/h4-13H,1H2,2-3H3. The molecule has 0 N–H and O–H groups in total. The molecule has 216 valence electrons. The van der Waals surface area contributed by atoms with Crippen LogP contribution < -0.4 is 5.56 Å². The predicted molar refractivity (Wildman–Crippen MR) is 191 cm³/mol. The highest BCUT2D eigenvalue weighted by Crippen LogP contribution is 2.53. The Labute approximate surface area is 274 Å². The predicted octanol–water partition coefficient (Wildman–Crippen LogP) is 11.5. The highest BCUT2D eigenvalue weighted by atomic mass is 35.5. The summed E-state index contributed by atoms with van der Waals surface area (Å²) >= 11 is 28.6. The number of allylic oxidation sites excluding steroid dienone is 1. The number of imidazole rings is 1. The second-order valence-corrected chi connectivity index (χ2v) is 13.3. The average Bonchev–Trinajstić information content (AvgIpc) is 3.41. The lowest BCUT2D eigenvalue weighted by Crippen LogP contribution is -2.14. The first kappa shape index (κ1) is 27.1. The molecule has 8 heteroatoms. The van der Waals surface area contributed by atoms with E-state index in [9.17, 15) is 9.59 Å². The molecule has 2 aromatic heterocycles. The van der Waals surface area contributed by atoms with Gasteiger partial charge in [0.25, 0.3) is 5.56 Å². The van der Waals surface area contributed by atoms with Gasteiger partial charge >= 0.3 is 0 Å². The van der Waals surface area contributed by atoms with Gasteiger partial charge < -0.3 is 0 Å². The van der Waals surface area contributed by atoms with Crippen molar-refractivity contribution in [3.05, 3.63) is 109 Å². The molecule has 0 bridgehead atoms. The second kappa shape index (κ2) is 8.96. The number of Topliss-reactive ketones (excluding diaryl/α,β-unsaturated/α-hetero) is 1. The summed E-state index contributed by atoms with van der Waals surface area (Å²) in [5.41, 5.74) is 3.61. The summed E-state index contributed by atoms with van der Waals surface area (Å²) in [6, 6.07) is 18.9. The van der Waals surface area contributed by atoms with E-state index in [1.807, 2.05) is 55.5 Å². The number of pyridine rings is 1. The summed E-state index contributed by atoms with van der Waals surface area (Å²) in [7, 11) is 0. The quantitative estimate of drug-likeness (QED) is 0.105. The van der Waals surface area contributed by atoms with Crippen molar-refractivity contribution in [3.8, 4) is 0 Å². The Bertz CT molecular complexity index is 2870. The molecule has 0 aliphatic heterocycles. The molecule has 45 heavy (non-hydrogen) atoms. The number of ketones is 1. The maximum absolute atomic E-state index is 14.5. The van der Waals surface area contributed by atoms with Gasteiger partial charge in [-0.25, -0.2) is 4.98 Å². The fourth-order valence-corrected chi connectivity index (χ4v) is 8.61. The van der Waals surface area contributed by atoms with Crippen molar-refractivity contribution in [2.24, 2.45) is 0 Å². The van der Waals surface area contributed by atoms with Gasteiger partial charge in [0, 0.05) is 79.5 Å². The third-order valence-corrected chi connectivity index (χ3v) is 10.4. The van der Waals surface area contributed by atoms with Crippen molar-refractivity contribution in [1.29, 1.82) is 0 Å². The van der Waals surface area contributed by atoms with E-state index in [4.69, 9.17) is 51.4 Å². The largest absolute Gasteiger partial charge is 0.294 e. The van der Waals surface area contributed by atoms with Crippen LogP contribution in [-0.2, 0) is 0 Å².